The van der Waals surface area contributed by atoms with Gasteiger partial charge in [-0.05, 0) is 17.5 Å². The number of rotatable bonds is 7. The topological polar surface area (TPSA) is 127 Å². The van der Waals surface area contributed by atoms with Crippen molar-refractivity contribution in [2.45, 2.75) is 32.4 Å². The average Bonchev–Trinajstić information content (AvgIpc) is 3.20. The molecule has 0 unspecified atom stereocenters. The molecule has 9 heteroatoms. The molecule has 9 nitrogen and oxygen atoms in total. The van der Waals surface area contributed by atoms with Crippen LogP contribution in [-0.4, -0.2) is 42.9 Å². The van der Waals surface area contributed by atoms with Crippen LogP contribution in [0.4, 0.5) is 5.95 Å². The fourth-order valence-electron chi connectivity index (χ4n) is 3.36. The molecule has 4 rings (SSSR count). The Morgan fingerprint density at radius 2 is 2.00 bits per heavy atom. The van der Waals surface area contributed by atoms with Gasteiger partial charge in [-0.1, -0.05) is 24.3 Å². The molecule has 0 saturated heterocycles. The first-order valence-electron chi connectivity index (χ1n) is 9.46. The standard InChI is InChI=1S/C20H22N8O/c21-18(22)9-17(29)5-4-14-2-1-3-15(8-14)16-10-23-20(24-11-16)27-6-7-28-13-25-26-19(28)12-27/h1-3,8,10-11,13H,4-7,9,12H2,(H3,21,22). The van der Waals surface area contributed by atoms with Crippen LogP contribution in [0, 0.1) is 5.41 Å². The van der Waals surface area contributed by atoms with Gasteiger partial charge in [0.05, 0.1) is 18.8 Å². The minimum Gasteiger partial charge on any atom is -0.387 e. The van der Waals surface area contributed by atoms with E-state index in [4.69, 9.17) is 11.1 Å². The monoisotopic (exact) mass is 390 g/mol. The van der Waals surface area contributed by atoms with Gasteiger partial charge in [0.15, 0.2) is 5.82 Å². The number of aryl methyl sites for hydroxylation is 1. The molecular weight excluding hydrogens is 368 g/mol. The number of amidine groups is 1. The minimum atomic E-state index is -0.0880. The molecule has 3 N–H and O–H groups in total. The smallest absolute Gasteiger partial charge is 0.225 e. The first-order valence-corrected chi connectivity index (χ1v) is 9.46. The van der Waals surface area contributed by atoms with E-state index in [-0.39, 0.29) is 18.0 Å². The summed E-state index contributed by atoms with van der Waals surface area (Å²) in [5.41, 5.74) is 8.27. The zero-order valence-corrected chi connectivity index (χ0v) is 16.0. The van der Waals surface area contributed by atoms with Crippen LogP contribution < -0.4 is 10.6 Å². The van der Waals surface area contributed by atoms with Crippen LogP contribution in [-0.2, 0) is 24.3 Å². The third-order valence-electron chi connectivity index (χ3n) is 4.90. The quantitative estimate of drug-likeness (QED) is 0.463. The van der Waals surface area contributed by atoms with Crippen LogP contribution in [0.5, 0.6) is 0 Å². The SMILES string of the molecule is N=C(N)CC(=O)CCc1cccc(-c2cnc(N3CCn4cnnc4C3)nc2)c1. The number of hydrogen-bond acceptors (Lipinski definition) is 7. The molecule has 148 valence electrons. The number of carbonyl (C=O) groups is 1. The zero-order valence-electron chi connectivity index (χ0n) is 16.0. The van der Waals surface area contributed by atoms with Crippen molar-refractivity contribution in [2.75, 3.05) is 11.4 Å². The summed E-state index contributed by atoms with van der Waals surface area (Å²) >= 11 is 0. The van der Waals surface area contributed by atoms with Gasteiger partial charge in [0.2, 0.25) is 5.95 Å². The van der Waals surface area contributed by atoms with Crippen molar-refractivity contribution in [1.29, 1.82) is 5.41 Å². The van der Waals surface area contributed by atoms with E-state index in [0.29, 0.717) is 25.3 Å². The Balaban J connectivity index is 1.43. The second-order valence-corrected chi connectivity index (χ2v) is 7.07. The second kappa shape index (κ2) is 8.17. The van der Waals surface area contributed by atoms with Crippen molar-refractivity contribution >= 4 is 17.6 Å². The van der Waals surface area contributed by atoms with E-state index < -0.39 is 0 Å². The van der Waals surface area contributed by atoms with Gasteiger partial charge in [0.25, 0.3) is 0 Å². The second-order valence-electron chi connectivity index (χ2n) is 7.07. The maximum absolute atomic E-state index is 11.8. The molecule has 1 aliphatic rings. The van der Waals surface area contributed by atoms with Gasteiger partial charge in [-0.3, -0.25) is 10.2 Å². The number of hydrogen-bond donors (Lipinski definition) is 2. The van der Waals surface area contributed by atoms with Gasteiger partial charge >= 0.3 is 0 Å². The maximum atomic E-state index is 11.8. The molecule has 3 heterocycles. The van der Waals surface area contributed by atoms with E-state index in [1.54, 1.807) is 6.33 Å². The number of carbonyl (C=O) groups excluding carboxylic acids is 1. The van der Waals surface area contributed by atoms with Gasteiger partial charge < -0.3 is 15.2 Å². The lowest BCUT2D eigenvalue weighted by atomic mass is 10.0. The Hall–Kier alpha value is -3.62. The lowest BCUT2D eigenvalue weighted by molar-refractivity contribution is -0.117. The molecule has 3 aromatic rings. The summed E-state index contributed by atoms with van der Waals surface area (Å²) in [6.07, 6.45) is 6.40. The van der Waals surface area contributed by atoms with Gasteiger partial charge in [-0.2, -0.15) is 0 Å². The summed E-state index contributed by atoms with van der Waals surface area (Å²) in [4.78, 5) is 22.9. The van der Waals surface area contributed by atoms with Gasteiger partial charge in [0.1, 0.15) is 12.1 Å². The van der Waals surface area contributed by atoms with Gasteiger partial charge in [0, 0.05) is 37.5 Å². The molecule has 0 amide bonds. The van der Waals surface area contributed by atoms with Crippen molar-refractivity contribution in [3.05, 3.63) is 54.4 Å². The highest BCUT2D eigenvalue weighted by atomic mass is 16.1. The van der Waals surface area contributed by atoms with E-state index in [1.165, 1.54) is 0 Å². The maximum Gasteiger partial charge on any atom is 0.225 e. The normalized spacial score (nSPS) is 13.2. The number of benzene rings is 1. The predicted molar refractivity (Wildman–Crippen MR) is 108 cm³/mol. The molecule has 0 atom stereocenters. The van der Waals surface area contributed by atoms with Crippen molar-refractivity contribution in [2.24, 2.45) is 5.73 Å². The van der Waals surface area contributed by atoms with Crippen LogP contribution in [0.3, 0.4) is 0 Å². The number of nitrogens with one attached hydrogen (secondary N) is 1. The number of anilines is 1. The van der Waals surface area contributed by atoms with Crippen molar-refractivity contribution in [3.8, 4) is 11.1 Å². The first-order chi connectivity index (χ1) is 14.1. The number of fused-ring (bicyclic) bond motifs is 1. The summed E-state index contributed by atoms with van der Waals surface area (Å²) in [5, 5.41) is 15.3. The minimum absolute atomic E-state index is 0.0157. The average molecular weight is 390 g/mol. The molecule has 29 heavy (non-hydrogen) atoms. The summed E-state index contributed by atoms with van der Waals surface area (Å²) in [5.74, 6) is 1.48. The molecular formula is C20H22N8O. The van der Waals surface area contributed by atoms with Crippen molar-refractivity contribution < 1.29 is 4.79 Å². The summed E-state index contributed by atoms with van der Waals surface area (Å²) in [6, 6.07) is 8.00. The van der Waals surface area contributed by atoms with Crippen LogP contribution >= 0.6 is 0 Å². The highest BCUT2D eigenvalue weighted by molar-refractivity contribution is 5.98. The van der Waals surface area contributed by atoms with E-state index in [0.717, 1.165) is 35.6 Å². The Morgan fingerprint density at radius 3 is 2.79 bits per heavy atom. The molecule has 0 bridgehead atoms. The van der Waals surface area contributed by atoms with Crippen LogP contribution in [0.25, 0.3) is 11.1 Å². The molecule has 1 aliphatic heterocycles. The number of ketones is 1. The predicted octanol–water partition coefficient (Wildman–Crippen LogP) is 1.58. The molecule has 1 aromatic carbocycles. The Labute approximate surface area is 168 Å². The number of nitrogens with zero attached hydrogens (tertiary/aromatic N) is 6. The molecule has 0 radical (unpaired) electrons. The van der Waals surface area contributed by atoms with Crippen molar-refractivity contribution in [3.63, 3.8) is 0 Å². The molecule has 0 aliphatic carbocycles. The molecule has 2 aromatic heterocycles. The van der Waals surface area contributed by atoms with Crippen LogP contribution in [0.15, 0.2) is 43.0 Å². The van der Waals surface area contributed by atoms with Crippen LogP contribution in [0.1, 0.15) is 24.2 Å². The van der Waals surface area contributed by atoms with Crippen molar-refractivity contribution in [1.82, 2.24) is 24.7 Å². The number of Topliss-reactive ketones (excluding diaryl/α,β-unsaturated/α-hetero) is 1. The molecule has 0 fully saturated rings. The van der Waals surface area contributed by atoms with E-state index in [9.17, 15) is 4.79 Å². The lowest BCUT2D eigenvalue weighted by Gasteiger charge is -2.26. The molecule has 0 saturated carbocycles. The van der Waals surface area contributed by atoms with Gasteiger partial charge in [-0.15, -0.1) is 10.2 Å². The Bertz CT molecular complexity index is 1030. The highest BCUT2D eigenvalue weighted by Gasteiger charge is 2.19. The van der Waals surface area contributed by atoms with E-state index in [2.05, 4.69) is 25.1 Å². The summed E-state index contributed by atoms with van der Waals surface area (Å²) < 4.78 is 2.04. The summed E-state index contributed by atoms with van der Waals surface area (Å²) in [6.45, 7) is 2.27. The number of nitrogens with two attached hydrogens (primary N) is 1. The Kier molecular flexibility index (Phi) is 5.28. The third kappa shape index (κ3) is 4.45. The zero-order chi connectivity index (χ0) is 20.2. The fourth-order valence-corrected chi connectivity index (χ4v) is 3.36. The first kappa shape index (κ1) is 18.7. The molecule has 0 spiro atoms. The van der Waals surface area contributed by atoms with E-state index in [1.807, 2.05) is 41.2 Å². The number of aromatic nitrogens is 5. The largest absolute Gasteiger partial charge is 0.387 e. The summed E-state index contributed by atoms with van der Waals surface area (Å²) in [7, 11) is 0. The Morgan fingerprint density at radius 1 is 1.17 bits per heavy atom. The van der Waals surface area contributed by atoms with Gasteiger partial charge in [-0.25, -0.2) is 9.97 Å². The highest BCUT2D eigenvalue weighted by Crippen LogP contribution is 2.22. The van der Waals surface area contributed by atoms with E-state index >= 15 is 0 Å². The lowest BCUT2D eigenvalue weighted by Crippen LogP contribution is -2.34. The van der Waals surface area contributed by atoms with Crippen LogP contribution in [0.2, 0.25) is 0 Å². The fraction of sp³-hybridized carbons (Fsp3) is 0.300. The third-order valence-corrected chi connectivity index (χ3v) is 4.90.